The van der Waals surface area contributed by atoms with Gasteiger partial charge in [0.05, 0.1) is 5.56 Å². The van der Waals surface area contributed by atoms with Gasteiger partial charge in [-0.25, -0.2) is 9.18 Å². The zero-order valence-corrected chi connectivity index (χ0v) is 16.6. The molecular weight excluding hydrogens is 346 g/mol. The van der Waals surface area contributed by atoms with Gasteiger partial charge in [0, 0.05) is 0 Å². The number of halogens is 2. The van der Waals surface area contributed by atoms with Crippen molar-refractivity contribution in [3.05, 3.63) is 35.4 Å². The lowest BCUT2D eigenvalue weighted by Gasteiger charge is -2.29. The predicted octanol–water partition coefficient (Wildman–Crippen LogP) is 7.13. The average Bonchev–Trinajstić information content (AvgIpc) is 2.71. The van der Waals surface area contributed by atoms with Crippen molar-refractivity contribution in [2.24, 2.45) is 5.92 Å². The van der Waals surface area contributed by atoms with Crippen LogP contribution in [0.2, 0.25) is 0 Å². The number of ether oxygens (including phenoxy) is 1. The maximum Gasteiger partial charge on any atom is 0.340 e. The third-order valence-corrected chi connectivity index (χ3v) is 5.79. The topological polar surface area (TPSA) is 26.3 Å². The van der Waals surface area contributed by atoms with Crippen molar-refractivity contribution in [3.8, 4) is 0 Å². The molecule has 4 heteroatoms. The number of alkyl halides is 2. The first-order chi connectivity index (χ1) is 13.1. The zero-order chi connectivity index (χ0) is 19.5. The van der Waals surface area contributed by atoms with Crippen molar-refractivity contribution in [2.45, 2.75) is 89.8 Å². The third-order valence-electron chi connectivity index (χ3n) is 5.79. The molecule has 1 saturated carbocycles. The second kappa shape index (κ2) is 12.1. The molecule has 1 fully saturated rings. The van der Waals surface area contributed by atoms with E-state index in [9.17, 15) is 13.6 Å². The van der Waals surface area contributed by atoms with E-state index < -0.39 is 19.0 Å². The Bertz CT molecular complexity index is 536. The fraction of sp³-hybridized carbons (Fsp3) is 0.696. The van der Waals surface area contributed by atoms with E-state index in [0.29, 0.717) is 5.92 Å². The third kappa shape index (κ3) is 7.59. The number of hydrogen-bond acceptors (Lipinski definition) is 2. The van der Waals surface area contributed by atoms with Crippen molar-refractivity contribution in [2.75, 3.05) is 6.67 Å². The Kier molecular flexibility index (Phi) is 9.79. The lowest BCUT2D eigenvalue weighted by Crippen LogP contribution is -2.16. The van der Waals surface area contributed by atoms with Crippen LogP contribution in [0.3, 0.4) is 0 Å². The molecule has 0 bridgehead atoms. The summed E-state index contributed by atoms with van der Waals surface area (Å²) in [7, 11) is 0. The predicted molar refractivity (Wildman–Crippen MR) is 105 cm³/mol. The second-order valence-corrected chi connectivity index (χ2v) is 7.87. The Labute approximate surface area is 162 Å². The van der Waals surface area contributed by atoms with Crippen LogP contribution in [0, 0.1) is 5.92 Å². The van der Waals surface area contributed by atoms with E-state index in [-0.39, 0.29) is 5.56 Å². The fourth-order valence-electron chi connectivity index (χ4n) is 4.10. The van der Waals surface area contributed by atoms with Crippen LogP contribution < -0.4 is 0 Å². The molecule has 1 aromatic carbocycles. The minimum atomic E-state index is -2.18. The molecule has 0 radical (unpaired) electrons. The molecule has 1 aromatic rings. The molecule has 27 heavy (non-hydrogen) atoms. The first kappa shape index (κ1) is 21.8. The van der Waals surface area contributed by atoms with Gasteiger partial charge in [-0.15, -0.1) is 0 Å². The number of hydrogen-bond donors (Lipinski definition) is 0. The fourth-order valence-corrected chi connectivity index (χ4v) is 4.10. The van der Waals surface area contributed by atoms with Crippen molar-refractivity contribution >= 4 is 5.97 Å². The van der Waals surface area contributed by atoms with Crippen molar-refractivity contribution in [3.63, 3.8) is 0 Å². The van der Waals surface area contributed by atoms with E-state index in [1.165, 1.54) is 76.2 Å². The molecule has 1 aliphatic carbocycles. The van der Waals surface area contributed by atoms with Crippen LogP contribution in [0.1, 0.15) is 99.4 Å². The average molecular weight is 381 g/mol. The van der Waals surface area contributed by atoms with Crippen LogP contribution in [0.25, 0.3) is 0 Å². The van der Waals surface area contributed by atoms with Gasteiger partial charge in [0.25, 0.3) is 6.36 Å². The van der Waals surface area contributed by atoms with Gasteiger partial charge in [0.2, 0.25) is 0 Å². The van der Waals surface area contributed by atoms with Gasteiger partial charge in [0.15, 0.2) is 6.67 Å². The van der Waals surface area contributed by atoms with E-state index in [1.807, 2.05) is 12.1 Å². The van der Waals surface area contributed by atoms with Gasteiger partial charge in [0.1, 0.15) is 0 Å². The van der Waals surface area contributed by atoms with Crippen LogP contribution >= 0.6 is 0 Å². The summed E-state index contributed by atoms with van der Waals surface area (Å²) in [4.78, 5) is 11.7. The molecule has 1 aliphatic rings. The standard InChI is InChI=1S/C23H34F2O2/c1-2-3-4-5-6-7-8-18-9-11-19(12-10-18)20-13-15-21(16-14-20)23(26)27-22(25)17-24/h13-16,18-19,22H,2-12,17H2,1H3/t18-,19-,22?. The Morgan fingerprint density at radius 3 is 2.30 bits per heavy atom. The number of esters is 1. The van der Waals surface area contributed by atoms with Gasteiger partial charge in [-0.1, -0.05) is 64.0 Å². The Balaban J connectivity index is 1.70. The molecule has 152 valence electrons. The molecule has 1 atom stereocenters. The molecule has 0 aliphatic heterocycles. The summed E-state index contributed by atoms with van der Waals surface area (Å²) in [5.74, 6) is 0.592. The molecule has 0 heterocycles. The lowest BCUT2D eigenvalue weighted by molar-refractivity contribution is -0.0254. The highest BCUT2D eigenvalue weighted by molar-refractivity contribution is 5.89. The summed E-state index contributed by atoms with van der Waals surface area (Å²) in [6.07, 6.45) is 12.3. The van der Waals surface area contributed by atoms with E-state index in [4.69, 9.17) is 0 Å². The quantitative estimate of drug-likeness (QED) is 0.301. The summed E-state index contributed by atoms with van der Waals surface area (Å²) in [6, 6.07) is 7.17. The van der Waals surface area contributed by atoms with Gasteiger partial charge in [-0.2, -0.15) is 4.39 Å². The molecule has 2 rings (SSSR count). The number of carbonyl (C=O) groups excluding carboxylic acids is 1. The molecule has 2 nitrogen and oxygen atoms in total. The maximum atomic E-state index is 12.8. The first-order valence-electron chi connectivity index (χ1n) is 10.6. The van der Waals surface area contributed by atoms with Crippen LogP contribution in [-0.2, 0) is 4.74 Å². The number of benzene rings is 1. The normalized spacial score (nSPS) is 21.0. The molecular formula is C23H34F2O2. The highest BCUT2D eigenvalue weighted by atomic mass is 19.2. The summed E-state index contributed by atoms with van der Waals surface area (Å²) >= 11 is 0. The van der Waals surface area contributed by atoms with Gasteiger partial charge >= 0.3 is 5.97 Å². The van der Waals surface area contributed by atoms with Gasteiger partial charge in [-0.3, -0.25) is 0 Å². The minimum absolute atomic E-state index is 0.270. The van der Waals surface area contributed by atoms with Crippen LogP contribution in [0.5, 0.6) is 0 Å². The maximum absolute atomic E-state index is 12.8. The zero-order valence-electron chi connectivity index (χ0n) is 16.6. The van der Waals surface area contributed by atoms with Crippen molar-refractivity contribution in [1.29, 1.82) is 0 Å². The van der Waals surface area contributed by atoms with Crippen molar-refractivity contribution in [1.82, 2.24) is 0 Å². The molecule has 0 saturated heterocycles. The molecule has 0 N–H and O–H groups in total. The first-order valence-corrected chi connectivity index (χ1v) is 10.6. The van der Waals surface area contributed by atoms with E-state index >= 15 is 0 Å². The van der Waals surface area contributed by atoms with Gasteiger partial charge < -0.3 is 4.74 Å². The monoisotopic (exact) mass is 380 g/mol. The van der Waals surface area contributed by atoms with Crippen molar-refractivity contribution < 1.29 is 18.3 Å². The van der Waals surface area contributed by atoms with Crippen LogP contribution in [0.4, 0.5) is 8.78 Å². The molecule has 0 spiro atoms. The smallest absolute Gasteiger partial charge is 0.340 e. The number of unbranched alkanes of at least 4 members (excludes halogenated alkanes) is 5. The lowest BCUT2D eigenvalue weighted by atomic mass is 9.77. The number of rotatable bonds is 11. The molecule has 1 unspecified atom stereocenters. The molecule has 0 amide bonds. The van der Waals surface area contributed by atoms with E-state index in [2.05, 4.69) is 11.7 Å². The Morgan fingerprint density at radius 2 is 1.67 bits per heavy atom. The Hall–Kier alpha value is -1.45. The SMILES string of the molecule is CCCCCCCC[C@H]1CC[C@H](c2ccc(C(=O)OC(F)CF)cc2)CC1. The van der Waals surface area contributed by atoms with E-state index in [0.717, 1.165) is 5.92 Å². The Morgan fingerprint density at radius 1 is 1.04 bits per heavy atom. The summed E-state index contributed by atoms with van der Waals surface area (Å²) in [5, 5.41) is 0. The summed E-state index contributed by atoms with van der Waals surface area (Å²) < 4.78 is 29.3. The van der Waals surface area contributed by atoms with Gasteiger partial charge in [-0.05, 0) is 55.2 Å². The summed E-state index contributed by atoms with van der Waals surface area (Å²) in [5.41, 5.74) is 1.50. The summed E-state index contributed by atoms with van der Waals surface area (Å²) in [6.45, 7) is 0.940. The highest BCUT2D eigenvalue weighted by Crippen LogP contribution is 2.37. The number of carbonyl (C=O) groups is 1. The second-order valence-electron chi connectivity index (χ2n) is 7.87. The van der Waals surface area contributed by atoms with Crippen LogP contribution in [0.15, 0.2) is 24.3 Å². The minimum Gasteiger partial charge on any atom is -0.425 e. The highest BCUT2D eigenvalue weighted by Gasteiger charge is 2.22. The van der Waals surface area contributed by atoms with E-state index in [1.54, 1.807) is 12.1 Å². The van der Waals surface area contributed by atoms with Crippen LogP contribution in [-0.4, -0.2) is 19.0 Å². The largest absolute Gasteiger partial charge is 0.425 e. The molecule has 0 aromatic heterocycles.